The van der Waals surface area contributed by atoms with Crippen molar-refractivity contribution >= 4 is 5.78 Å². The maximum absolute atomic E-state index is 12.4. The topological polar surface area (TPSA) is 37.3 Å². The number of carbonyl (C=O) groups is 1. The average molecular weight is 288 g/mol. The molecule has 0 spiro atoms. The van der Waals surface area contributed by atoms with Crippen LogP contribution < -0.4 is 0 Å². The van der Waals surface area contributed by atoms with Crippen molar-refractivity contribution in [3.05, 3.63) is 11.6 Å². The van der Waals surface area contributed by atoms with Crippen molar-refractivity contribution in [3.8, 4) is 0 Å². The standard InChI is InChI=1S/C19H28O2/c1-18-9-4-3-5-12(18)11-15(20)17-13-6-7-16(21)19(13,2)10-8-14(17)18/h11,13-15,17,20H,3-10H2,1-2H3/t13-,14+,15?,17-,18-,19-/m0/s1. The largest absolute Gasteiger partial charge is 0.389 e. The smallest absolute Gasteiger partial charge is 0.139 e. The van der Waals surface area contributed by atoms with Gasteiger partial charge in [0.25, 0.3) is 0 Å². The van der Waals surface area contributed by atoms with Crippen LogP contribution in [0.1, 0.15) is 65.2 Å². The van der Waals surface area contributed by atoms with Gasteiger partial charge in [0, 0.05) is 11.8 Å². The van der Waals surface area contributed by atoms with Crippen LogP contribution in [0, 0.1) is 28.6 Å². The van der Waals surface area contributed by atoms with E-state index in [1.165, 1.54) is 31.3 Å². The van der Waals surface area contributed by atoms with Gasteiger partial charge in [0.05, 0.1) is 6.10 Å². The van der Waals surface area contributed by atoms with Gasteiger partial charge in [0.15, 0.2) is 0 Å². The lowest BCUT2D eigenvalue weighted by atomic mass is 9.47. The molecule has 1 N–H and O–H groups in total. The molecule has 2 heteroatoms. The summed E-state index contributed by atoms with van der Waals surface area (Å²) in [4.78, 5) is 12.4. The normalized spacial score (nSPS) is 52.7. The van der Waals surface area contributed by atoms with Gasteiger partial charge in [-0.3, -0.25) is 4.79 Å². The van der Waals surface area contributed by atoms with Crippen LogP contribution in [-0.4, -0.2) is 17.0 Å². The molecule has 0 aromatic carbocycles. The first-order chi connectivity index (χ1) is 9.97. The summed E-state index contributed by atoms with van der Waals surface area (Å²) >= 11 is 0. The fourth-order valence-electron chi connectivity index (χ4n) is 6.46. The van der Waals surface area contributed by atoms with E-state index in [2.05, 4.69) is 19.9 Å². The quantitative estimate of drug-likeness (QED) is 0.687. The number of fused-ring (bicyclic) bond motifs is 5. The Bertz CT molecular complexity index is 508. The Labute approximate surface area is 128 Å². The number of hydrogen-bond donors (Lipinski definition) is 1. The van der Waals surface area contributed by atoms with E-state index in [1.807, 2.05) is 0 Å². The fraction of sp³-hybridized carbons (Fsp3) is 0.842. The van der Waals surface area contributed by atoms with Crippen LogP contribution in [0.4, 0.5) is 0 Å². The summed E-state index contributed by atoms with van der Waals surface area (Å²) in [6.45, 7) is 4.62. The molecule has 116 valence electrons. The van der Waals surface area contributed by atoms with Crippen molar-refractivity contribution < 1.29 is 9.90 Å². The Morgan fingerprint density at radius 1 is 1.05 bits per heavy atom. The summed E-state index contributed by atoms with van der Waals surface area (Å²) in [7, 11) is 0. The van der Waals surface area contributed by atoms with Crippen LogP contribution in [0.3, 0.4) is 0 Å². The van der Waals surface area contributed by atoms with Crippen LogP contribution in [0.25, 0.3) is 0 Å². The molecule has 3 fully saturated rings. The zero-order valence-corrected chi connectivity index (χ0v) is 13.4. The predicted molar refractivity (Wildman–Crippen MR) is 82.7 cm³/mol. The van der Waals surface area contributed by atoms with Crippen molar-refractivity contribution in [1.29, 1.82) is 0 Å². The lowest BCUT2D eigenvalue weighted by molar-refractivity contribution is -0.135. The van der Waals surface area contributed by atoms with Crippen molar-refractivity contribution in [2.45, 2.75) is 71.3 Å². The third-order valence-corrected chi connectivity index (χ3v) is 7.75. The summed E-state index contributed by atoms with van der Waals surface area (Å²) in [5.74, 6) is 1.79. The molecule has 0 radical (unpaired) electrons. The Balaban J connectivity index is 1.76. The molecule has 0 bridgehead atoms. The number of aliphatic hydroxyl groups is 1. The third kappa shape index (κ3) is 1.72. The molecule has 21 heavy (non-hydrogen) atoms. The maximum Gasteiger partial charge on any atom is 0.139 e. The summed E-state index contributed by atoms with van der Waals surface area (Å²) < 4.78 is 0. The molecule has 0 aromatic rings. The van der Waals surface area contributed by atoms with Crippen LogP contribution in [0.5, 0.6) is 0 Å². The molecule has 4 rings (SSSR count). The number of hydrogen-bond acceptors (Lipinski definition) is 2. The minimum absolute atomic E-state index is 0.140. The second kappa shape index (κ2) is 4.44. The zero-order chi connectivity index (χ0) is 14.8. The highest BCUT2D eigenvalue weighted by Crippen LogP contribution is 2.63. The molecule has 0 saturated heterocycles. The van der Waals surface area contributed by atoms with E-state index in [0.29, 0.717) is 29.0 Å². The Kier molecular flexibility index (Phi) is 2.96. The van der Waals surface area contributed by atoms with Gasteiger partial charge in [-0.25, -0.2) is 0 Å². The van der Waals surface area contributed by atoms with E-state index in [-0.39, 0.29) is 11.5 Å². The lowest BCUT2D eigenvalue weighted by Crippen LogP contribution is -2.54. The van der Waals surface area contributed by atoms with E-state index < -0.39 is 0 Å². The number of rotatable bonds is 0. The van der Waals surface area contributed by atoms with Crippen molar-refractivity contribution in [2.24, 2.45) is 28.6 Å². The Morgan fingerprint density at radius 2 is 1.81 bits per heavy atom. The van der Waals surface area contributed by atoms with Gasteiger partial charge in [-0.2, -0.15) is 0 Å². The first kappa shape index (κ1) is 14.0. The minimum Gasteiger partial charge on any atom is -0.389 e. The summed E-state index contributed by atoms with van der Waals surface area (Å²) in [6, 6.07) is 0. The second-order valence-electron chi connectivity index (χ2n) is 8.52. The molecular formula is C19H28O2. The first-order valence-corrected chi connectivity index (χ1v) is 8.89. The van der Waals surface area contributed by atoms with Gasteiger partial charge in [-0.05, 0) is 61.7 Å². The first-order valence-electron chi connectivity index (χ1n) is 8.89. The molecule has 4 aliphatic carbocycles. The molecule has 1 unspecified atom stereocenters. The summed E-state index contributed by atoms with van der Waals surface area (Å²) in [6.07, 6.45) is 10.9. The van der Waals surface area contributed by atoms with Crippen LogP contribution >= 0.6 is 0 Å². The lowest BCUT2D eigenvalue weighted by Gasteiger charge is -2.57. The Morgan fingerprint density at radius 3 is 2.62 bits per heavy atom. The Hall–Kier alpha value is -0.630. The monoisotopic (exact) mass is 288 g/mol. The minimum atomic E-state index is -0.313. The van der Waals surface area contributed by atoms with Crippen molar-refractivity contribution in [2.75, 3.05) is 0 Å². The molecule has 2 nitrogen and oxygen atoms in total. The van der Waals surface area contributed by atoms with Gasteiger partial charge >= 0.3 is 0 Å². The third-order valence-electron chi connectivity index (χ3n) is 7.75. The molecule has 0 aliphatic heterocycles. The van der Waals surface area contributed by atoms with Gasteiger partial charge in [-0.15, -0.1) is 0 Å². The van der Waals surface area contributed by atoms with Crippen LogP contribution in [-0.2, 0) is 4.79 Å². The molecule has 6 atom stereocenters. The average Bonchev–Trinajstić information content (AvgIpc) is 2.76. The summed E-state index contributed by atoms with van der Waals surface area (Å²) in [5, 5.41) is 10.8. The van der Waals surface area contributed by atoms with E-state index >= 15 is 0 Å². The van der Waals surface area contributed by atoms with E-state index in [0.717, 1.165) is 25.7 Å². The molecule has 4 aliphatic rings. The van der Waals surface area contributed by atoms with Crippen LogP contribution in [0.15, 0.2) is 11.6 Å². The SMILES string of the molecule is C[C@]12CCCCC1=CC(O)[C@@H]1[C@H]2CC[C@]2(C)C(=O)CC[C@@H]12. The molecule has 0 amide bonds. The van der Waals surface area contributed by atoms with E-state index in [9.17, 15) is 9.90 Å². The van der Waals surface area contributed by atoms with Crippen molar-refractivity contribution in [1.82, 2.24) is 0 Å². The zero-order valence-electron chi connectivity index (χ0n) is 13.4. The number of aliphatic hydroxyl groups excluding tert-OH is 1. The number of allylic oxidation sites excluding steroid dienone is 1. The highest BCUT2D eigenvalue weighted by molar-refractivity contribution is 5.87. The van der Waals surface area contributed by atoms with Gasteiger partial charge in [0.1, 0.15) is 5.78 Å². The van der Waals surface area contributed by atoms with Gasteiger partial charge in [-0.1, -0.05) is 31.9 Å². The number of carbonyl (C=O) groups excluding carboxylic acids is 1. The van der Waals surface area contributed by atoms with Gasteiger partial charge < -0.3 is 5.11 Å². The summed E-state index contributed by atoms with van der Waals surface area (Å²) in [5.41, 5.74) is 1.68. The molecule has 0 aromatic heterocycles. The highest BCUT2D eigenvalue weighted by Gasteiger charge is 2.60. The maximum atomic E-state index is 12.4. The number of Topliss-reactive ketones (excluding diaryl/α,β-unsaturated/α-hetero) is 1. The van der Waals surface area contributed by atoms with Crippen molar-refractivity contribution in [3.63, 3.8) is 0 Å². The second-order valence-corrected chi connectivity index (χ2v) is 8.52. The molecule has 3 saturated carbocycles. The molecule has 0 heterocycles. The predicted octanol–water partition coefficient (Wildman–Crippen LogP) is 3.88. The van der Waals surface area contributed by atoms with Gasteiger partial charge in [0.2, 0.25) is 0 Å². The highest BCUT2D eigenvalue weighted by atomic mass is 16.3. The molecular weight excluding hydrogens is 260 g/mol. The van der Waals surface area contributed by atoms with Crippen LogP contribution in [0.2, 0.25) is 0 Å². The number of ketones is 1. The fourth-order valence-corrected chi connectivity index (χ4v) is 6.46. The van der Waals surface area contributed by atoms with E-state index in [1.54, 1.807) is 0 Å². The van der Waals surface area contributed by atoms with E-state index in [4.69, 9.17) is 0 Å².